The second kappa shape index (κ2) is 20.7. The molecule has 0 aliphatic carbocycles. The molecule has 0 spiro atoms. The third-order valence-electron chi connectivity index (χ3n) is 6.28. The molecule has 0 fully saturated rings. The maximum atomic E-state index is 12.2. The van der Waals surface area contributed by atoms with Crippen LogP contribution >= 0.6 is 7.82 Å². The normalized spacial score (nSPS) is 14.0. The number of ketones is 1. The van der Waals surface area contributed by atoms with Crippen LogP contribution in [0.5, 0.6) is 5.75 Å². The Bertz CT molecular complexity index is 773. The second-order valence-corrected chi connectivity index (χ2v) is 11.9. The Morgan fingerprint density at radius 2 is 1.57 bits per heavy atom. The molecule has 2 atom stereocenters. The Morgan fingerprint density at radius 1 is 0.946 bits per heavy atom. The lowest BCUT2D eigenvalue weighted by atomic mass is 9.95. The van der Waals surface area contributed by atoms with Crippen LogP contribution < -0.4 is 4.74 Å². The summed E-state index contributed by atoms with van der Waals surface area (Å²) in [4.78, 5) is 23.6. The molecule has 0 aliphatic rings. The van der Waals surface area contributed by atoms with Gasteiger partial charge in [0.2, 0.25) is 0 Å². The maximum absolute atomic E-state index is 12.2. The Hall–Kier alpha value is -1.24. The molecule has 1 rings (SSSR count). The summed E-state index contributed by atoms with van der Waals surface area (Å²) in [7, 11) is -0.455. The van der Waals surface area contributed by atoms with Crippen LogP contribution in [0, 0.1) is 5.92 Å². The first kappa shape index (κ1) is 33.8. The Morgan fingerprint density at radius 3 is 2.16 bits per heavy atom. The number of carbonyl (C=O) groups is 1. The molecule has 214 valence electrons. The zero-order valence-electron chi connectivity index (χ0n) is 23.8. The van der Waals surface area contributed by atoms with E-state index in [4.69, 9.17) is 13.8 Å². The lowest BCUT2D eigenvalue weighted by Crippen LogP contribution is -2.19. The Balaban J connectivity index is 2.35. The molecule has 8 heteroatoms. The molecule has 37 heavy (non-hydrogen) atoms. The SMILES string of the molecule is CCCCCCCCCCCCCOc1cccc(CC(COP(=O)(O)OCCN(C)C)CC(C)=O)c1. The average Bonchev–Trinajstić information content (AvgIpc) is 2.83. The number of rotatable bonds is 24. The number of ether oxygens (including phenoxy) is 1. The summed E-state index contributed by atoms with van der Waals surface area (Å²) in [5.41, 5.74) is 1.01. The Kier molecular flexibility index (Phi) is 18.9. The Labute approximate surface area is 225 Å². The van der Waals surface area contributed by atoms with Crippen molar-refractivity contribution < 1.29 is 28.0 Å². The van der Waals surface area contributed by atoms with Crippen LogP contribution in [-0.4, -0.2) is 56.0 Å². The summed E-state index contributed by atoms with van der Waals surface area (Å²) < 4.78 is 28.4. The van der Waals surface area contributed by atoms with Gasteiger partial charge in [-0.2, -0.15) is 0 Å². The molecule has 0 saturated heterocycles. The standard InChI is InChI=1S/C29H52NO6P/c1-5-6-7-8-9-10-11-12-13-14-15-20-34-29-18-16-17-27(24-29)23-28(22-26(2)31)25-36-37(32,33)35-21-19-30(3)4/h16-18,24,28H,5-15,19-23,25H2,1-4H3,(H,32,33). The number of likely N-dealkylation sites (N-methyl/N-ethyl adjacent to an activating group) is 1. The second-order valence-electron chi connectivity index (χ2n) is 10.4. The topological polar surface area (TPSA) is 85.3 Å². The number of unbranched alkanes of at least 4 members (excludes halogenated alkanes) is 10. The van der Waals surface area contributed by atoms with Gasteiger partial charge in [-0.25, -0.2) is 4.57 Å². The predicted octanol–water partition coefficient (Wildman–Crippen LogP) is 7.21. The van der Waals surface area contributed by atoms with Crippen molar-refractivity contribution in [2.24, 2.45) is 5.92 Å². The van der Waals surface area contributed by atoms with Crippen molar-refractivity contribution in [1.29, 1.82) is 0 Å². The highest BCUT2D eigenvalue weighted by Gasteiger charge is 2.24. The van der Waals surface area contributed by atoms with Gasteiger partial charge in [0, 0.05) is 13.0 Å². The lowest BCUT2D eigenvalue weighted by molar-refractivity contribution is -0.118. The highest BCUT2D eigenvalue weighted by Crippen LogP contribution is 2.43. The summed E-state index contributed by atoms with van der Waals surface area (Å²) >= 11 is 0. The number of hydrogen-bond donors (Lipinski definition) is 1. The fourth-order valence-corrected chi connectivity index (χ4v) is 5.01. The molecule has 0 heterocycles. The zero-order valence-corrected chi connectivity index (χ0v) is 24.7. The minimum atomic E-state index is -4.16. The monoisotopic (exact) mass is 541 g/mol. The molecular formula is C29H52NO6P. The van der Waals surface area contributed by atoms with Crippen molar-refractivity contribution in [2.45, 2.75) is 97.3 Å². The molecule has 0 bridgehead atoms. The van der Waals surface area contributed by atoms with Crippen molar-refractivity contribution in [3.63, 3.8) is 0 Å². The van der Waals surface area contributed by atoms with E-state index >= 15 is 0 Å². The minimum Gasteiger partial charge on any atom is -0.494 e. The van der Waals surface area contributed by atoms with E-state index in [1.54, 1.807) is 0 Å². The number of hydrogen-bond acceptors (Lipinski definition) is 6. The zero-order chi connectivity index (χ0) is 27.4. The molecule has 7 nitrogen and oxygen atoms in total. The molecule has 0 aliphatic heterocycles. The minimum absolute atomic E-state index is 0.0128. The van der Waals surface area contributed by atoms with E-state index in [2.05, 4.69) is 6.92 Å². The highest BCUT2D eigenvalue weighted by molar-refractivity contribution is 7.47. The van der Waals surface area contributed by atoms with Crippen LogP contribution in [0.4, 0.5) is 0 Å². The van der Waals surface area contributed by atoms with E-state index in [1.165, 1.54) is 71.1 Å². The number of nitrogens with zero attached hydrogens (tertiary/aromatic N) is 1. The van der Waals surface area contributed by atoms with Gasteiger partial charge < -0.3 is 19.3 Å². The van der Waals surface area contributed by atoms with Crippen LogP contribution in [-0.2, 0) is 24.8 Å². The van der Waals surface area contributed by atoms with Gasteiger partial charge in [0.05, 0.1) is 19.8 Å². The molecule has 1 N–H and O–H groups in total. The fourth-order valence-electron chi connectivity index (χ4n) is 4.22. The third-order valence-corrected chi connectivity index (χ3v) is 7.27. The summed E-state index contributed by atoms with van der Waals surface area (Å²) in [5, 5.41) is 0. The molecule has 1 aromatic rings. The lowest BCUT2D eigenvalue weighted by Gasteiger charge is -2.19. The van der Waals surface area contributed by atoms with Crippen LogP contribution in [0.25, 0.3) is 0 Å². The molecule has 2 unspecified atom stereocenters. The van der Waals surface area contributed by atoms with Crippen molar-refractivity contribution in [3.05, 3.63) is 29.8 Å². The van der Waals surface area contributed by atoms with Gasteiger partial charge in [-0.15, -0.1) is 0 Å². The first-order valence-electron chi connectivity index (χ1n) is 14.2. The summed E-state index contributed by atoms with van der Waals surface area (Å²) in [6.45, 7) is 5.05. The molecule has 0 radical (unpaired) electrons. The summed E-state index contributed by atoms with van der Waals surface area (Å²) in [5.74, 6) is 0.600. The number of phosphoric acid groups is 1. The van der Waals surface area contributed by atoms with E-state index in [1.807, 2.05) is 43.3 Å². The van der Waals surface area contributed by atoms with Gasteiger partial charge in [-0.3, -0.25) is 9.05 Å². The van der Waals surface area contributed by atoms with Crippen LogP contribution in [0.3, 0.4) is 0 Å². The molecule has 1 aromatic carbocycles. The molecule has 0 aromatic heterocycles. The van der Waals surface area contributed by atoms with Crippen molar-refractivity contribution in [3.8, 4) is 5.75 Å². The fraction of sp³-hybridized carbons (Fsp3) is 0.759. The highest BCUT2D eigenvalue weighted by atomic mass is 31.2. The smallest absolute Gasteiger partial charge is 0.472 e. The van der Waals surface area contributed by atoms with Crippen molar-refractivity contribution >= 4 is 13.6 Å². The van der Waals surface area contributed by atoms with E-state index in [-0.39, 0.29) is 31.3 Å². The molecule has 0 saturated carbocycles. The number of carbonyl (C=O) groups excluding carboxylic acids is 1. The summed E-state index contributed by atoms with van der Waals surface area (Å²) in [6.07, 6.45) is 15.1. The molecule has 0 amide bonds. The van der Waals surface area contributed by atoms with E-state index in [9.17, 15) is 14.3 Å². The van der Waals surface area contributed by atoms with E-state index in [0.717, 1.165) is 17.7 Å². The summed E-state index contributed by atoms with van der Waals surface area (Å²) in [6, 6.07) is 7.85. The van der Waals surface area contributed by atoms with Crippen molar-refractivity contribution in [2.75, 3.05) is 40.5 Å². The van der Waals surface area contributed by atoms with E-state index < -0.39 is 7.82 Å². The van der Waals surface area contributed by atoms with Crippen LogP contribution in [0.1, 0.15) is 96.5 Å². The van der Waals surface area contributed by atoms with Crippen LogP contribution in [0.2, 0.25) is 0 Å². The van der Waals surface area contributed by atoms with E-state index in [0.29, 0.717) is 19.6 Å². The first-order chi connectivity index (χ1) is 17.7. The predicted molar refractivity (Wildman–Crippen MR) is 151 cm³/mol. The van der Waals surface area contributed by atoms with Gasteiger partial charge in [0.25, 0.3) is 0 Å². The number of benzene rings is 1. The average molecular weight is 542 g/mol. The quantitative estimate of drug-likeness (QED) is 0.109. The first-order valence-corrected chi connectivity index (χ1v) is 15.7. The number of phosphoric ester groups is 1. The van der Waals surface area contributed by atoms with Gasteiger partial charge in [0.15, 0.2) is 0 Å². The van der Waals surface area contributed by atoms with Crippen molar-refractivity contribution in [1.82, 2.24) is 4.90 Å². The van der Waals surface area contributed by atoms with Gasteiger partial charge in [-0.05, 0) is 57.5 Å². The van der Waals surface area contributed by atoms with Crippen LogP contribution in [0.15, 0.2) is 24.3 Å². The van der Waals surface area contributed by atoms with Gasteiger partial charge in [-0.1, -0.05) is 83.3 Å². The van der Waals surface area contributed by atoms with Gasteiger partial charge in [0.1, 0.15) is 11.5 Å². The molecular weight excluding hydrogens is 489 g/mol. The third kappa shape index (κ3) is 19.5. The van der Waals surface area contributed by atoms with Gasteiger partial charge >= 0.3 is 7.82 Å². The maximum Gasteiger partial charge on any atom is 0.472 e. The number of Topliss-reactive ketones (excluding diaryl/α,β-unsaturated/α-hetero) is 1. The largest absolute Gasteiger partial charge is 0.494 e.